The summed E-state index contributed by atoms with van der Waals surface area (Å²) in [6.45, 7) is 6.69. The Morgan fingerprint density at radius 1 is 1.10 bits per heavy atom. The van der Waals surface area contributed by atoms with Crippen LogP contribution in [0.1, 0.15) is 58.4 Å². The molecule has 1 aromatic rings. The molecule has 1 heterocycles. The van der Waals surface area contributed by atoms with E-state index >= 15 is 0 Å². The maximum Gasteiger partial charge on any atom is 0.317 e. The molecule has 1 aromatic carbocycles. The van der Waals surface area contributed by atoms with Gasteiger partial charge in [-0.25, -0.2) is 0 Å². The minimum atomic E-state index is -0.819. The molecule has 0 spiro atoms. The molecule has 1 aliphatic carbocycles. The first kappa shape index (κ1) is 22.3. The van der Waals surface area contributed by atoms with Crippen molar-refractivity contribution in [2.45, 2.75) is 64.3 Å². The van der Waals surface area contributed by atoms with Crippen molar-refractivity contribution in [3.63, 3.8) is 0 Å². The van der Waals surface area contributed by atoms with E-state index in [4.69, 9.17) is 4.74 Å². The second-order valence-electron chi connectivity index (χ2n) is 8.97. The Hall–Kier alpha value is -2.37. The van der Waals surface area contributed by atoms with Crippen LogP contribution >= 0.6 is 0 Å². The molecule has 30 heavy (non-hydrogen) atoms. The molecule has 2 amide bonds. The van der Waals surface area contributed by atoms with E-state index in [1.807, 2.05) is 30.3 Å². The molecule has 3 rings (SSSR count). The number of nitrogens with one attached hydrogen (secondary N) is 1. The van der Waals surface area contributed by atoms with Crippen LogP contribution in [-0.2, 0) is 24.5 Å². The average molecular weight is 415 g/mol. The average Bonchev–Trinajstić information content (AvgIpc) is 2.76. The van der Waals surface area contributed by atoms with Crippen molar-refractivity contribution in [3.05, 3.63) is 35.9 Å². The Balaban J connectivity index is 1.64. The molecule has 0 radical (unpaired) electrons. The molecule has 6 nitrogen and oxygen atoms in total. The second-order valence-corrected chi connectivity index (χ2v) is 8.97. The van der Waals surface area contributed by atoms with Gasteiger partial charge in [-0.05, 0) is 36.7 Å². The number of amides is 2. The summed E-state index contributed by atoms with van der Waals surface area (Å²) in [4.78, 5) is 39.2. The van der Waals surface area contributed by atoms with Crippen LogP contribution in [0.2, 0.25) is 0 Å². The van der Waals surface area contributed by atoms with E-state index in [0.29, 0.717) is 37.8 Å². The normalized spacial score (nSPS) is 26.0. The number of esters is 1. The number of rotatable bonds is 5. The van der Waals surface area contributed by atoms with E-state index in [9.17, 15) is 14.4 Å². The second kappa shape index (κ2) is 9.63. The van der Waals surface area contributed by atoms with Gasteiger partial charge in [0.15, 0.2) is 6.61 Å². The summed E-state index contributed by atoms with van der Waals surface area (Å²) in [5.74, 6) is 0.403. The van der Waals surface area contributed by atoms with Crippen molar-refractivity contribution in [1.29, 1.82) is 0 Å². The Morgan fingerprint density at radius 2 is 1.77 bits per heavy atom. The highest BCUT2D eigenvalue weighted by atomic mass is 16.5. The maximum absolute atomic E-state index is 13.2. The Labute approximate surface area is 179 Å². The Morgan fingerprint density at radius 3 is 2.40 bits per heavy atom. The summed E-state index contributed by atoms with van der Waals surface area (Å²) in [5.41, 5.74) is 0.0634. The summed E-state index contributed by atoms with van der Waals surface area (Å²) >= 11 is 0. The first-order valence-electron chi connectivity index (χ1n) is 11.1. The van der Waals surface area contributed by atoms with Gasteiger partial charge in [-0.1, -0.05) is 57.0 Å². The highest BCUT2D eigenvalue weighted by Gasteiger charge is 2.45. The lowest BCUT2D eigenvalue weighted by atomic mass is 9.72. The van der Waals surface area contributed by atoms with E-state index in [1.54, 1.807) is 11.8 Å². The minimum Gasteiger partial charge on any atom is -0.455 e. The number of carbonyl (C=O) groups is 3. The predicted molar refractivity (Wildman–Crippen MR) is 115 cm³/mol. The van der Waals surface area contributed by atoms with Crippen molar-refractivity contribution >= 4 is 17.8 Å². The molecule has 1 saturated carbocycles. The monoisotopic (exact) mass is 414 g/mol. The molecule has 3 atom stereocenters. The molecule has 2 fully saturated rings. The standard InChI is InChI=1S/C24H34N2O4/c1-17-8-7-11-21(18(17)2)25-22(28)16-30-23(29)24(20-9-5-4-6-10-20)12-14-26(15-13-24)19(3)27/h4-6,9-10,17-18,21H,7-8,11-16H2,1-3H3,(H,25,28)/t17-,18+,21+/m0/s1. The smallest absolute Gasteiger partial charge is 0.317 e. The molecule has 0 unspecified atom stereocenters. The quantitative estimate of drug-likeness (QED) is 0.752. The molecule has 0 bridgehead atoms. The van der Waals surface area contributed by atoms with E-state index in [2.05, 4.69) is 19.2 Å². The van der Waals surface area contributed by atoms with Crippen molar-refractivity contribution < 1.29 is 19.1 Å². The lowest BCUT2D eigenvalue weighted by molar-refractivity contribution is -0.157. The van der Waals surface area contributed by atoms with E-state index < -0.39 is 5.41 Å². The van der Waals surface area contributed by atoms with Crippen LogP contribution in [0.5, 0.6) is 0 Å². The number of ether oxygens (including phenoxy) is 1. The number of nitrogens with zero attached hydrogens (tertiary/aromatic N) is 1. The number of likely N-dealkylation sites (tertiary alicyclic amines) is 1. The largest absolute Gasteiger partial charge is 0.455 e. The highest BCUT2D eigenvalue weighted by molar-refractivity contribution is 5.87. The third-order valence-electron chi connectivity index (χ3n) is 7.17. The molecule has 6 heteroatoms. The predicted octanol–water partition coefficient (Wildman–Crippen LogP) is 3.05. The highest BCUT2D eigenvalue weighted by Crippen LogP contribution is 2.37. The third kappa shape index (κ3) is 4.85. The molecule has 1 saturated heterocycles. The van der Waals surface area contributed by atoms with Gasteiger partial charge in [-0.2, -0.15) is 0 Å². The van der Waals surface area contributed by atoms with Crippen LogP contribution in [0.15, 0.2) is 30.3 Å². The van der Waals surface area contributed by atoms with Crippen LogP contribution in [0.4, 0.5) is 0 Å². The molecule has 0 aromatic heterocycles. The number of benzene rings is 1. The van der Waals surface area contributed by atoms with Crippen LogP contribution < -0.4 is 5.32 Å². The van der Waals surface area contributed by atoms with Crippen molar-refractivity contribution in [3.8, 4) is 0 Å². The van der Waals surface area contributed by atoms with Crippen LogP contribution in [0, 0.1) is 11.8 Å². The van der Waals surface area contributed by atoms with Gasteiger partial charge in [0.1, 0.15) is 0 Å². The van der Waals surface area contributed by atoms with Gasteiger partial charge < -0.3 is 15.0 Å². The summed E-state index contributed by atoms with van der Waals surface area (Å²) in [5, 5.41) is 3.06. The first-order chi connectivity index (χ1) is 14.3. The van der Waals surface area contributed by atoms with Crippen LogP contribution in [0.25, 0.3) is 0 Å². The molecular weight excluding hydrogens is 380 g/mol. The maximum atomic E-state index is 13.2. The summed E-state index contributed by atoms with van der Waals surface area (Å²) in [6, 6.07) is 9.71. The van der Waals surface area contributed by atoms with Gasteiger partial charge in [0.05, 0.1) is 5.41 Å². The number of hydrogen-bond acceptors (Lipinski definition) is 4. The van der Waals surface area contributed by atoms with E-state index in [-0.39, 0.29) is 30.4 Å². The molecule has 1 aliphatic heterocycles. The lowest BCUT2D eigenvalue weighted by Gasteiger charge is -2.40. The van der Waals surface area contributed by atoms with E-state index in [1.165, 1.54) is 6.42 Å². The Bertz CT molecular complexity index is 756. The fourth-order valence-electron chi connectivity index (χ4n) is 4.87. The fraction of sp³-hybridized carbons (Fsp3) is 0.625. The number of carbonyl (C=O) groups excluding carboxylic acids is 3. The minimum absolute atomic E-state index is 0.0141. The topological polar surface area (TPSA) is 75.7 Å². The molecule has 1 N–H and O–H groups in total. The van der Waals surface area contributed by atoms with Gasteiger partial charge in [-0.15, -0.1) is 0 Å². The van der Waals surface area contributed by atoms with E-state index in [0.717, 1.165) is 18.4 Å². The molecular formula is C24H34N2O4. The summed E-state index contributed by atoms with van der Waals surface area (Å²) in [7, 11) is 0. The van der Waals surface area contributed by atoms with Crippen molar-refractivity contribution in [2.75, 3.05) is 19.7 Å². The molecule has 2 aliphatic rings. The zero-order valence-corrected chi connectivity index (χ0v) is 18.4. The number of hydrogen-bond donors (Lipinski definition) is 1. The SMILES string of the molecule is CC(=O)N1CCC(C(=O)OCC(=O)N[C@@H]2CCC[C@H](C)[C@H]2C)(c2ccccc2)CC1. The summed E-state index contributed by atoms with van der Waals surface area (Å²) in [6.07, 6.45) is 4.27. The third-order valence-corrected chi connectivity index (χ3v) is 7.17. The van der Waals surface area contributed by atoms with Gasteiger partial charge in [0, 0.05) is 26.1 Å². The van der Waals surface area contributed by atoms with Crippen molar-refractivity contribution in [1.82, 2.24) is 10.2 Å². The lowest BCUT2D eigenvalue weighted by Crippen LogP contribution is -2.50. The summed E-state index contributed by atoms with van der Waals surface area (Å²) < 4.78 is 5.55. The Kier molecular flexibility index (Phi) is 7.16. The van der Waals surface area contributed by atoms with Crippen molar-refractivity contribution in [2.24, 2.45) is 11.8 Å². The first-order valence-corrected chi connectivity index (χ1v) is 11.1. The number of piperidine rings is 1. The van der Waals surface area contributed by atoms with Crippen LogP contribution in [0.3, 0.4) is 0 Å². The van der Waals surface area contributed by atoms with Gasteiger partial charge in [0.2, 0.25) is 5.91 Å². The molecule has 164 valence electrons. The van der Waals surface area contributed by atoms with Gasteiger partial charge in [-0.3, -0.25) is 14.4 Å². The fourth-order valence-corrected chi connectivity index (χ4v) is 4.87. The zero-order valence-electron chi connectivity index (χ0n) is 18.4. The van der Waals surface area contributed by atoms with Crippen LogP contribution in [-0.4, -0.2) is 48.4 Å². The van der Waals surface area contributed by atoms with Gasteiger partial charge >= 0.3 is 5.97 Å². The zero-order chi connectivity index (χ0) is 21.7. The van der Waals surface area contributed by atoms with Gasteiger partial charge in [0.25, 0.3) is 5.91 Å².